The van der Waals surface area contributed by atoms with Crippen molar-refractivity contribution in [1.82, 2.24) is 5.32 Å². The first kappa shape index (κ1) is 12.7. The van der Waals surface area contributed by atoms with E-state index in [1.54, 1.807) is 14.2 Å². The summed E-state index contributed by atoms with van der Waals surface area (Å²) in [5.41, 5.74) is 1.25. The number of halogens is 1. The van der Waals surface area contributed by atoms with E-state index in [9.17, 15) is 0 Å². The maximum Gasteiger partial charge on any atom is 0.161 e. The minimum absolute atomic E-state index is 0.415. The van der Waals surface area contributed by atoms with Crippen LogP contribution in [0.4, 0.5) is 0 Å². The highest BCUT2D eigenvalue weighted by molar-refractivity contribution is 9.10. The third kappa shape index (κ3) is 2.75. The molecule has 1 aromatic rings. The SMILES string of the molecule is COc1cc(Br)c([C@@H]2CCCCN2)cc1OC. The van der Waals surface area contributed by atoms with Gasteiger partial charge < -0.3 is 14.8 Å². The van der Waals surface area contributed by atoms with Gasteiger partial charge in [-0.05, 0) is 37.1 Å². The van der Waals surface area contributed by atoms with Gasteiger partial charge in [-0.15, -0.1) is 0 Å². The first-order valence-corrected chi connectivity index (χ1v) is 6.70. The van der Waals surface area contributed by atoms with E-state index in [0.717, 1.165) is 22.5 Å². The van der Waals surface area contributed by atoms with Gasteiger partial charge in [0.2, 0.25) is 0 Å². The molecule has 94 valence electrons. The van der Waals surface area contributed by atoms with Crippen molar-refractivity contribution in [3.8, 4) is 11.5 Å². The number of piperidine rings is 1. The molecule has 2 rings (SSSR count). The van der Waals surface area contributed by atoms with Gasteiger partial charge >= 0.3 is 0 Å². The van der Waals surface area contributed by atoms with E-state index in [0.29, 0.717) is 6.04 Å². The standard InChI is InChI=1S/C13H18BrNO2/c1-16-12-7-9(10(14)8-13(12)17-2)11-5-3-4-6-15-11/h7-8,11,15H,3-6H2,1-2H3/t11-/m0/s1. The van der Waals surface area contributed by atoms with Crippen molar-refractivity contribution < 1.29 is 9.47 Å². The summed E-state index contributed by atoms with van der Waals surface area (Å²) in [5, 5.41) is 3.54. The summed E-state index contributed by atoms with van der Waals surface area (Å²) in [6.07, 6.45) is 3.72. The molecular weight excluding hydrogens is 282 g/mol. The molecule has 1 aromatic carbocycles. The predicted octanol–water partition coefficient (Wildman–Crippen LogP) is 3.28. The second kappa shape index (κ2) is 5.74. The zero-order valence-electron chi connectivity index (χ0n) is 10.3. The number of hydrogen-bond donors (Lipinski definition) is 1. The van der Waals surface area contributed by atoms with Crippen LogP contribution >= 0.6 is 15.9 Å². The summed E-state index contributed by atoms with van der Waals surface area (Å²) in [7, 11) is 3.33. The fourth-order valence-electron chi connectivity index (χ4n) is 2.25. The smallest absolute Gasteiger partial charge is 0.161 e. The maximum absolute atomic E-state index is 5.35. The summed E-state index contributed by atoms with van der Waals surface area (Å²) in [4.78, 5) is 0. The molecule has 1 aliphatic rings. The molecule has 17 heavy (non-hydrogen) atoms. The van der Waals surface area contributed by atoms with E-state index < -0.39 is 0 Å². The van der Waals surface area contributed by atoms with Gasteiger partial charge in [-0.1, -0.05) is 22.4 Å². The molecule has 0 radical (unpaired) electrons. The third-order valence-corrected chi connectivity index (χ3v) is 3.88. The first-order valence-electron chi connectivity index (χ1n) is 5.91. The number of ether oxygens (including phenoxy) is 2. The van der Waals surface area contributed by atoms with Crippen LogP contribution in [0.1, 0.15) is 30.9 Å². The largest absolute Gasteiger partial charge is 0.493 e. The highest BCUT2D eigenvalue weighted by Crippen LogP contribution is 2.37. The van der Waals surface area contributed by atoms with E-state index in [1.165, 1.54) is 24.8 Å². The lowest BCUT2D eigenvalue weighted by Crippen LogP contribution is -2.27. The molecule has 1 atom stereocenters. The highest BCUT2D eigenvalue weighted by atomic mass is 79.9. The predicted molar refractivity (Wildman–Crippen MR) is 71.8 cm³/mol. The molecule has 1 N–H and O–H groups in total. The Kier molecular flexibility index (Phi) is 4.29. The molecule has 3 nitrogen and oxygen atoms in total. The maximum atomic E-state index is 5.35. The summed E-state index contributed by atoms with van der Waals surface area (Å²) in [5.74, 6) is 1.55. The van der Waals surface area contributed by atoms with Crippen molar-refractivity contribution in [1.29, 1.82) is 0 Å². The Bertz CT molecular complexity index is 389. The number of benzene rings is 1. The normalized spacial score (nSPS) is 20.1. The van der Waals surface area contributed by atoms with Crippen LogP contribution in [0.25, 0.3) is 0 Å². The quantitative estimate of drug-likeness (QED) is 0.929. The fourth-order valence-corrected chi connectivity index (χ4v) is 2.85. The lowest BCUT2D eigenvalue weighted by atomic mass is 9.97. The van der Waals surface area contributed by atoms with E-state index in [2.05, 4.69) is 27.3 Å². The lowest BCUT2D eigenvalue weighted by Gasteiger charge is -2.25. The van der Waals surface area contributed by atoms with Gasteiger partial charge in [0.25, 0.3) is 0 Å². The van der Waals surface area contributed by atoms with Crippen molar-refractivity contribution in [3.63, 3.8) is 0 Å². The van der Waals surface area contributed by atoms with E-state index in [1.807, 2.05) is 6.07 Å². The van der Waals surface area contributed by atoms with Gasteiger partial charge in [0, 0.05) is 10.5 Å². The average Bonchev–Trinajstić information content (AvgIpc) is 2.39. The minimum Gasteiger partial charge on any atom is -0.493 e. The summed E-state index contributed by atoms with van der Waals surface area (Å²) < 4.78 is 11.7. The van der Waals surface area contributed by atoms with E-state index >= 15 is 0 Å². The lowest BCUT2D eigenvalue weighted by molar-refractivity contribution is 0.351. The highest BCUT2D eigenvalue weighted by Gasteiger charge is 2.19. The molecule has 1 aliphatic heterocycles. The van der Waals surface area contributed by atoms with Crippen molar-refractivity contribution in [2.75, 3.05) is 20.8 Å². The minimum atomic E-state index is 0.415. The van der Waals surface area contributed by atoms with Crippen LogP contribution in [-0.4, -0.2) is 20.8 Å². The van der Waals surface area contributed by atoms with E-state index in [4.69, 9.17) is 9.47 Å². The van der Waals surface area contributed by atoms with Crippen LogP contribution < -0.4 is 14.8 Å². The van der Waals surface area contributed by atoms with Crippen LogP contribution in [0, 0.1) is 0 Å². The molecule has 0 bridgehead atoms. The molecule has 1 saturated heterocycles. The van der Waals surface area contributed by atoms with Crippen molar-refractivity contribution in [3.05, 3.63) is 22.2 Å². The monoisotopic (exact) mass is 299 g/mol. The fraction of sp³-hybridized carbons (Fsp3) is 0.538. The van der Waals surface area contributed by atoms with Crippen molar-refractivity contribution in [2.24, 2.45) is 0 Å². The Morgan fingerprint density at radius 1 is 1.18 bits per heavy atom. The molecule has 0 aliphatic carbocycles. The number of methoxy groups -OCH3 is 2. The van der Waals surface area contributed by atoms with Gasteiger partial charge in [0.1, 0.15) is 0 Å². The third-order valence-electron chi connectivity index (χ3n) is 3.19. The summed E-state index contributed by atoms with van der Waals surface area (Å²) >= 11 is 3.61. The summed E-state index contributed by atoms with van der Waals surface area (Å²) in [6, 6.07) is 4.45. The number of rotatable bonds is 3. The topological polar surface area (TPSA) is 30.5 Å². The Morgan fingerprint density at radius 2 is 1.88 bits per heavy atom. The van der Waals surface area contributed by atoms with Gasteiger partial charge in [0.15, 0.2) is 11.5 Å². The summed E-state index contributed by atoms with van der Waals surface area (Å²) in [6.45, 7) is 1.09. The second-order valence-corrected chi connectivity index (χ2v) is 5.09. The molecule has 0 unspecified atom stereocenters. The molecule has 1 heterocycles. The Labute approximate surface area is 111 Å². The zero-order chi connectivity index (χ0) is 12.3. The Morgan fingerprint density at radius 3 is 2.47 bits per heavy atom. The Hall–Kier alpha value is -0.740. The number of hydrogen-bond acceptors (Lipinski definition) is 3. The van der Waals surface area contributed by atoms with E-state index in [-0.39, 0.29) is 0 Å². The van der Waals surface area contributed by atoms with Crippen LogP contribution in [0.2, 0.25) is 0 Å². The van der Waals surface area contributed by atoms with Crippen LogP contribution in [-0.2, 0) is 0 Å². The van der Waals surface area contributed by atoms with Crippen molar-refractivity contribution in [2.45, 2.75) is 25.3 Å². The number of nitrogens with one attached hydrogen (secondary N) is 1. The zero-order valence-corrected chi connectivity index (χ0v) is 11.8. The molecular formula is C13H18BrNO2. The average molecular weight is 300 g/mol. The molecule has 0 spiro atoms. The molecule has 0 amide bonds. The Balaban J connectivity index is 2.32. The second-order valence-electron chi connectivity index (χ2n) is 4.23. The molecule has 0 saturated carbocycles. The van der Waals surface area contributed by atoms with Crippen molar-refractivity contribution >= 4 is 15.9 Å². The van der Waals surface area contributed by atoms with Gasteiger partial charge in [-0.3, -0.25) is 0 Å². The molecule has 0 aromatic heterocycles. The van der Waals surface area contributed by atoms with Gasteiger partial charge in [0.05, 0.1) is 14.2 Å². The molecule has 4 heteroatoms. The van der Waals surface area contributed by atoms with Crippen LogP contribution in [0.5, 0.6) is 11.5 Å². The van der Waals surface area contributed by atoms with Crippen LogP contribution in [0.15, 0.2) is 16.6 Å². The van der Waals surface area contributed by atoms with Gasteiger partial charge in [-0.25, -0.2) is 0 Å². The first-order chi connectivity index (χ1) is 8.26. The van der Waals surface area contributed by atoms with Crippen LogP contribution in [0.3, 0.4) is 0 Å². The molecule has 1 fully saturated rings. The van der Waals surface area contributed by atoms with Gasteiger partial charge in [-0.2, -0.15) is 0 Å².